The number of hydrogen-bond donors (Lipinski definition) is 1. The minimum absolute atomic E-state index is 0.0745. The van der Waals surface area contributed by atoms with Crippen molar-refractivity contribution in [2.24, 2.45) is 0 Å². The first kappa shape index (κ1) is 21.8. The van der Waals surface area contributed by atoms with Crippen molar-refractivity contribution in [3.8, 4) is 11.5 Å². The summed E-state index contributed by atoms with van der Waals surface area (Å²) in [6.45, 7) is 4.18. The number of aryl methyl sites for hydroxylation is 2. The lowest BCUT2D eigenvalue weighted by Crippen LogP contribution is -2.31. The van der Waals surface area contributed by atoms with E-state index in [9.17, 15) is 14.7 Å². The van der Waals surface area contributed by atoms with Crippen LogP contribution in [0.4, 0.5) is 0 Å². The van der Waals surface area contributed by atoms with E-state index in [2.05, 4.69) is 0 Å². The molecular weight excluding hydrogens is 430 g/mol. The van der Waals surface area contributed by atoms with Crippen molar-refractivity contribution in [1.82, 2.24) is 4.90 Å². The van der Waals surface area contributed by atoms with Crippen LogP contribution < -0.4 is 10.2 Å². The van der Waals surface area contributed by atoms with Gasteiger partial charge in [-0.2, -0.15) is 0 Å². The number of aromatic hydroxyl groups is 1. The van der Waals surface area contributed by atoms with Crippen molar-refractivity contribution in [3.63, 3.8) is 0 Å². The van der Waals surface area contributed by atoms with Crippen LogP contribution in [0.2, 0.25) is 0 Å². The number of rotatable bonds is 5. The monoisotopic (exact) mass is 455 g/mol. The smallest absolute Gasteiger partial charge is 0.290 e. The van der Waals surface area contributed by atoms with Crippen molar-refractivity contribution in [3.05, 3.63) is 104 Å². The lowest BCUT2D eigenvalue weighted by atomic mass is 9.96. The number of phenols is 1. The van der Waals surface area contributed by atoms with Crippen molar-refractivity contribution < 1.29 is 19.1 Å². The molecule has 0 radical (unpaired) electrons. The molecule has 3 aromatic carbocycles. The zero-order valence-corrected chi connectivity index (χ0v) is 19.3. The summed E-state index contributed by atoms with van der Waals surface area (Å²) in [6, 6.07) is 17.5. The molecule has 1 aromatic heterocycles. The van der Waals surface area contributed by atoms with Crippen LogP contribution in [0.1, 0.15) is 44.4 Å². The molecule has 0 spiro atoms. The molecular formula is C28H25NO5. The minimum Gasteiger partial charge on any atom is -0.508 e. The Labute approximate surface area is 197 Å². The van der Waals surface area contributed by atoms with E-state index in [-0.39, 0.29) is 22.8 Å². The highest BCUT2D eigenvalue weighted by molar-refractivity contribution is 5.99. The lowest BCUT2D eigenvalue weighted by molar-refractivity contribution is 0.0730. The fourth-order valence-corrected chi connectivity index (χ4v) is 4.83. The number of carbonyl (C=O) groups is 1. The summed E-state index contributed by atoms with van der Waals surface area (Å²) in [6.07, 6.45) is 0.588. The van der Waals surface area contributed by atoms with Crippen LogP contribution in [0.15, 0.2) is 69.9 Å². The predicted octanol–water partition coefficient (Wildman–Crippen LogP) is 4.91. The van der Waals surface area contributed by atoms with Crippen LogP contribution in [0.5, 0.6) is 11.5 Å². The number of amides is 1. The Balaban J connectivity index is 1.63. The molecule has 0 aliphatic carbocycles. The molecule has 1 unspecified atom stereocenters. The van der Waals surface area contributed by atoms with Gasteiger partial charge < -0.3 is 19.2 Å². The fourth-order valence-electron chi connectivity index (χ4n) is 4.83. The normalized spacial score (nSPS) is 15.1. The summed E-state index contributed by atoms with van der Waals surface area (Å²) in [7, 11) is 1.62. The summed E-state index contributed by atoms with van der Waals surface area (Å²) < 4.78 is 11.3. The van der Waals surface area contributed by atoms with Gasteiger partial charge in [0, 0.05) is 6.54 Å². The van der Waals surface area contributed by atoms with Gasteiger partial charge in [0.2, 0.25) is 5.76 Å². The Morgan fingerprint density at radius 1 is 1.03 bits per heavy atom. The van der Waals surface area contributed by atoms with Crippen molar-refractivity contribution >= 4 is 16.9 Å². The molecule has 1 N–H and O–H groups in total. The molecule has 0 saturated carbocycles. The first-order chi connectivity index (χ1) is 16.4. The van der Waals surface area contributed by atoms with Crippen LogP contribution in [0.25, 0.3) is 11.0 Å². The van der Waals surface area contributed by atoms with Gasteiger partial charge in [-0.25, -0.2) is 0 Å². The van der Waals surface area contributed by atoms with Crippen LogP contribution in [0, 0.1) is 13.8 Å². The molecule has 0 fully saturated rings. The minimum atomic E-state index is -0.644. The molecule has 1 aliphatic heterocycles. The molecule has 1 atom stereocenters. The Hall–Kier alpha value is -4.06. The number of methoxy groups -OCH3 is 1. The molecule has 34 heavy (non-hydrogen) atoms. The first-order valence-electron chi connectivity index (χ1n) is 11.2. The second kappa shape index (κ2) is 8.37. The average molecular weight is 456 g/mol. The quantitative estimate of drug-likeness (QED) is 0.462. The van der Waals surface area contributed by atoms with Gasteiger partial charge in [0.1, 0.15) is 17.1 Å². The zero-order chi connectivity index (χ0) is 24.0. The first-order valence-corrected chi connectivity index (χ1v) is 11.2. The van der Waals surface area contributed by atoms with E-state index in [1.165, 1.54) is 0 Å². The molecule has 4 aromatic rings. The third-order valence-electron chi connectivity index (χ3n) is 6.40. The highest BCUT2D eigenvalue weighted by atomic mass is 16.5. The van der Waals surface area contributed by atoms with E-state index in [1.807, 2.05) is 50.2 Å². The van der Waals surface area contributed by atoms with Gasteiger partial charge in [0.25, 0.3) is 5.91 Å². The number of benzene rings is 3. The Morgan fingerprint density at radius 3 is 2.50 bits per heavy atom. The van der Waals surface area contributed by atoms with Gasteiger partial charge in [-0.3, -0.25) is 9.59 Å². The standard InChI is InChI=1S/C28H25NO5/c1-16-13-17(2)23-22(14-16)34-27-24(26(23)31)25(19-5-4-6-20(30)15-19)29(28(27)32)12-11-18-7-9-21(33-3)10-8-18/h4-10,13-15,25,30H,11-12H2,1-3H3. The lowest BCUT2D eigenvalue weighted by Gasteiger charge is -2.25. The van der Waals surface area contributed by atoms with E-state index in [1.54, 1.807) is 36.3 Å². The predicted molar refractivity (Wildman–Crippen MR) is 130 cm³/mol. The number of hydrogen-bond acceptors (Lipinski definition) is 5. The number of carbonyl (C=O) groups excluding carboxylic acids is 1. The Bertz CT molecular complexity index is 1470. The maximum Gasteiger partial charge on any atom is 0.290 e. The summed E-state index contributed by atoms with van der Waals surface area (Å²) in [4.78, 5) is 29.0. The molecule has 0 saturated heterocycles. The van der Waals surface area contributed by atoms with Gasteiger partial charge >= 0.3 is 0 Å². The SMILES string of the molecule is COc1ccc(CCN2C(=O)c3oc4cc(C)cc(C)c4c(=O)c3C2c2cccc(O)c2)cc1. The van der Waals surface area contributed by atoms with Crippen LogP contribution in [-0.2, 0) is 6.42 Å². The zero-order valence-electron chi connectivity index (χ0n) is 19.3. The molecule has 1 aliphatic rings. The Kier molecular flexibility index (Phi) is 5.36. The number of phenolic OH excluding ortho intramolecular Hbond substituents is 1. The maximum absolute atomic E-state index is 13.7. The second-order valence-electron chi connectivity index (χ2n) is 8.72. The van der Waals surface area contributed by atoms with Crippen molar-refractivity contribution in [1.29, 1.82) is 0 Å². The number of ether oxygens (including phenoxy) is 1. The van der Waals surface area contributed by atoms with Gasteiger partial charge in [-0.15, -0.1) is 0 Å². The topological polar surface area (TPSA) is 80.0 Å². The van der Waals surface area contributed by atoms with Gasteiger partial charge in [0.15, 0.2) is 5.43 Å². The molecule has 0 bridgehead atoms. The molecule has 1 amide bonds. The molecule has 2 heterocycles. The largest absolute Gasteiger partial charge is 0.508 e. The molecule has 6 heteroatoms. The number of nitrogens with zero attached hydrogens (tertiary/aromatic N) is 1. The van der Waals surface area contributed by atoms with Gasteiger partial charge in [0.05, 0.1) is 24.1 Å². The van der Waals surface area contributed by atoms with E-state index in [4.69, 9.17) is 9.15 Å². The van der Waals surface area contributed by atoms with Crippen LogP contribution in [-0.4, -0.2) is 29.6 Å². The summed E-state index contributed by atoms with van der Waals surface area (Å²) >= 11 is 0. The highest BCUT2D eigenvalue weighted by Gasteiger charge is 2.42. The second-order valence-corrected chi connectivity index (χ2v) is 8.72. The molecule has 172 valence electrons. The summed E-state index contributed by atoms with van der Waals surface area (Å²) in [5.74, 6) is 0.587. The number of fused-ring (bicyclic) bond motifs is 2. The highest BCUT2D eigenvalue weighted by Crippen LogP contribution is 2.39. The van der Waals surface area contributed by atoms with Gasteiger partial charge in [-0.05, 0) is 72.9 Å². The molecule has 6 nitrogen and oxygen atoms in total. The third-order valence-corrected chi connectivity index (χ3v) is 6.40. The van der Waals surface area contributed by atoms with Crippen molar-refractivity contribution in [2.75, 3.05) is 13.7 Å². The van der Waals surface area contributed by atoms with Crippen LogP contribution in [0.3, 0.4) is 0 Å². The van der Waals surface area contributed by atoms with Gasteiger partial charge in [-0.1, -0.05) is 30.3 Å². The Morgan fingerprint density at radius 2 is 1.79 bits per heavy atom. The fraction of sp³-hybridized carbons (Fsp3) is 0.214. The van der Waals surface area contributed by atoms with Crippen molar-refractivity contribution in [2.45, 2.75) is 26.3 Å². The van der Waals surface area contributed by atoms with E-state index < -0.39 is 6.04 Å². The van der Waals surface area contributed by atoms with E-state index in [0.29, 0.717) is 35.1 Å². The van der Waals surface area contributed by atoms with E-state index in [0.717, 1.165) is 22.4 Å². The summed E-state index contributed by atoms with van der Waals surface area (Å²) in [5, 5.41) is 10.6. The molecule has 5 rings (SSSR count). The van der Waals surface area contributed by atoms with Crippen LogP contribution >= 0.6 is 0 Å². The third kappa shape index (κ3) is 3.61. The maximum atomic E-state index is 13.7. The van der Waals surface area contributed by atoms with E-state index >= 15 is 0 Å². The summed E-state index contributed by atoms with van der Waals surface area (Å²) in [5.41, 5.74) is 4.01. The average Bonchev–Trinajstić information content (AvgIpc) is 3.09.